The summed E-state index contributed by atoms with van der Waals surface area (Å²) in [4.78, 5) is 0. The van der Waals surface area contributed by atoms with E-state index in [9.17, 15) is 0 Å². The third kappa shape index (κ3) is 6.41. The Hall–Kier alpha value is -0.760. The second kappa shape index (κ2) is 7.87. The average molecular weight is 243 g/mol. The summed E-state index contributed by atoms with van der Waals surface area (Å²) in [6.45, 7) is 4.00. The molecule has 72 valence electrons. The van der Waals surface area contributed by atoms with E-state index in [2.05, 4.69) is 15.9 Å². The van der Waals surface area contributed by atoms with Crippen LogP contribution in [0, 0.1) is 0 Å². The van der Waals surface area contributed by atoms with Gasteiger partial charge in [0.1, 0.15) is 5.75 Å². The summed E-state index contributed by atoms with van der Waals surface area (Å²) < 4.78 is 6.02. The van der Waals surface area contributed by atoms with Gasteiger partial charge in [0.2, 0.25) is 0 Å². The predicted octanol–water partition coefficient (Wildman–Crippen LogP) is 4.04. The van der Waals surface area contributed by atoms with E-state index in [-0.39, 0.29) is 0 Å². The van der Waals surface area contributed by atoms with Gasteiger partial charge in [0.05, 0.1) is 7.11 Å². The van der Waals surface area contributed by atoms with Crippen molar-refractivity contribution in [1.29, 1.82) is 0 Å². The molecule has 0 amide bonds. The summed E-state index contributed by atoms with van der Waals surface area (Å²) in [5.74, 6) is 0.887. The molecule has 0 aliphatic carbocycles. The first-order valence-electron chi connectivity index (χ1n) is 4.11. The Bertz CT molecular complexity index is 235. The minimum Gasteiger partial charge on any atom is -0.497 e. The van der Waals surface area contributed by atoms with Gasteiger partial charge in [0, 0.05) is 4.47 Å². The Morgan fingerprint density at radius 3 is 1.85 bits per heavy atom. The highest BCUT2D eigenvalue weighted by Gasteiger charge is 1.86. The Kier molecular flexibility index (Phi) is 7.41. The zero-order valence-electron chi connectivity index (χ0n) is 8.25. The van der Waals surface area contributed by atoms with Gasteiger partial charge < -0.3 is 4.74 Å². The summed E-state index contributed by atoms with van der Waals surface area (Å²) >= 11 is 3.32. The van der Waals surface area contributed by atoms with Crippen LogP contribution in [0.3, 0.4) is 0 Å². The first-order chi connectivity index (χ1) is 6.24. The quantitative estimate of drug-likeness (QED) is 0.676. The summed E-state index contributed by atoms with van der Waals surface area (Å²) in [6.07, 6.45) is 4.00. The van der Waals surface area contributed by atoms with Gasteiger partial charge >= 0.3 is 0 Å². The van der Waals surface area contributed by atoms with Crippen molar-refractivity contribution in [1.82, 2.24) is 0 Å². The molecule has 0 unspecified atom stereocenters. The maximum Gasteiger partial charge on any atom is 0.118 e. The van der Waals surface area contributed by atoms with Crippen LogP contribution in [0.15, 0.2) is 40.9 Å². The number of rotatable bonds is 1. The molecule has 0 fully saturated rings. The molecule has 13 heavy (non-hydrogen) atoms. The third-order valence-electron chi connectivity index (χ3n) is 1.38. The largest absolute Gasteiger partial charge is 0.497 e. The van der Waals surface area contributed by atoms with Gasteiger partial charge in [0.15, 0.2) is 0 Å². The highest BCUT2D eigenvalue weighted by atomic mass is 79.9. The zero-order valence-corrected chi connectivity index (χ0v) is 9.84. The summed E-state index contributed by atoms with van der Waals surface area (Å²) in [5, 5.41) is 0. The second-order valence-corrected chi connectivity index (χ2v) is 3.24. The molecule has 0 aliphatic rings. The lowest BCUT2D eigenvalue weighted by Crippen LogP contribution is -1.79. The van der Waals surface area contributed by atoms with E-state index in [0.29, 0.717) is 0 Å². The van der Waals surface area contributed by atoms with Gasteiger partial charge in [-0.25, -0.2) is 0 Å². The van der Waals surface area contributed by atoms with Crippen LogP contribution < -0.4 is 4.74 Å². The Morgan fingerprint density at radius 2 is 1.54 bits per heavy atom. The molecule has 0 bridgehead atoms. The molecule has 0 saturated heterocycles. The molecule has 1 aromatic carbocycles. The van der Waals surface area contributed by atoms with E-state index < -0.39 is 0 Å². The fourth-order valence-electron chi connectivity index (χ4n) is 0.571. The number of benzene rings is 1. The first kappa shape index (κ1) is 12.2. The normalized spacial score (nSPS) is 9.23. The first-order valence-corrected chi connectivity index (χ1v) is 4.90. The molecule has 0 atom stereocenters. The Labute approximate surface area is 88.6 Å². The van der Waals surface area contributed by atoms with E-state index in [1.165, 1.54) is 0 Å². The number of hydrogen-bond donors (Lipinski definition) is 0. The fourth-order valence-corrected chi connectivity index (χ4v) is 0.835. The van der Waals surface area contributed by atoms with Crippen LogP contribution in [0.2, 0.25) is 0 Å². The van der Waals surface area contributed by atoms with Crippen LogP contribution >= 0.6 is 15.9 Å². The van der Waals surface area contributed by atoms with Gasteiger partial charge in [-0.2, -0.15) is 0 Å². The SMILES string of the molecule is C/C=C\C.COc1ccc(Br)cc1. The Morgan fingerprint density at radius 1 is 1.08 bits per heavy atom. The van der Waals surface area contributed by atoms with Gasteiger partial charge in [-0.05, 0) is 38.1 Å². The average Bonchev–Trinajstić information content (AvgIpc) is 2.19. The molecule has 0 aromatic heterocycles. The van der Waals surface area contributed by atoms with Crippen LogP contribution in [-0.2, 0) is 0 Å². The topological polar surface area (TPSA) is 9.23 Å². The lowest BCUT2D eigenvalue weighted by molar-refractivity contribution is 0.414. The van der Waals surface area contributed by atoms with Crippen molar-refractivity contribution in [2.45, 2.75) is 13.8 Å². The molecule has 1 rings (SSSR count). The van der Waals surface area contributed by atoms with Crippen molar-refractivity contribution < 1.29 is 4.74 Å². The van der Waals surface area contributed by atoms with Crippen LogP contribution in [0.5, 0.6) is 5.75 Å². The second-order valence-electron chi connectivity index (χ2n) is 2.32. The van der Waals surface area contributed by atoms with Crippen LogP contribution in [0.4, 0.5) is 0 Å². The smallest absolute Gasteiger partial charge is 0.118 e. The summed E-state index contributed by atoms with van der Waals surface area (Å²) in [5.41, 5.74) is 0. The monoisotopic (exact) mass is 242 g/mol. The summed E-state index contributed by atoms with van der Waals surface area (Å²) in [6, 6.07) is 7.70. The number of halogens is 1. The molecule has 1 nitrogen and oxygen atoms in total. The third-order valence-corrected chi connectivity index (χ3v) is 1.91. The standard InChI is InChI=1S/C7H7BrO.C4H8/c1-9-7-4-2-6(8)3-5-7;1-3-4-2/h2-5H,1H3;3-4H,1-2H3/b;4-3-. The van der Waals surface area contributed by atoms with Crippen LogP contribution in [-0.4, -0.2) is 7.11 Å². The van der Waals surface area contributed by atoms with Crippen molar-refractivity contribution in [3.8, 4) is 5.75 Å². The molecule has 0 heterocycles. The zero-order chi connectivity index (χ0) is 10.1. The maximum absolute atomic E-state index is 4.95. The molecule has 0 spiro atoms. The molecule has 0 aliphatic heterocycles. The van der Waals surface area contributed by atoms with Crippen molar-refractivity contribution in [3.63, 3.8) is 0 Å². The van der Waals surface area contributed by atoms with Crippen molar-refractivity contribution in [3.05, 3.63) is 40.9 Å². The number of allylic oxidation sites excluding steroid dienone is 2. The fraction of sp³-hybridized carbons (Fsp3) is 0.273. The van der Waals surface area contributed by atoms with Crippen molar-refractivity contribution >= 4 is 15.9 Å². The lowest BCUT2D eigenvalue weighted by atomic mass is 10.3. The molecule has 0 saturated carbocycles. The van der Waals surface area contributed by atoms with Crippen molar-refractivity contribution in [2.24, 2.45) is 0 Å². The molecular formula is C11H15BrO. The highest BCUT2D eigenvalue weighted by Crippen LogP contribution is 2.14. The lowest BCUT2D eigenvalue weighted by Gasteiger charge is -1.96. The van der Waals surface area contributed by atoms with Crippen LogP contribution in [0.25, 0.3) is 0 Å². The molecule has 1 aromatic rings. The van der Waals surface area contributed by atoms with Gasteiger partial charge in [-0.15, -0.1) is 0 Å². The highest BCUT2D eigenvalue weighted by molar-refractivity contribution is 9.10. The molecule has 0 N–H and O–H groups in total. The summed E-state index contributed by atoms with van der Waals surface area (Å²) in [7, 11) is 1.66. The minimum atomic E-state index is 0.887. The molecule has 0 radical (unpaired) electrons. The van der Waals surface area contributed by atoms with E-state index in [1.54, 1.807) is 7.11 Å². The molecular weight excluding hydrogens is 228 g/mol. The van der Waals surface area contributed by atoms with Gasteiger partial charge in [-0.1, -0.05) is 28.1 Å². The van der Waals surface area contributed by atoms with E-state index >= 15 is 0 Å². The van der Waals surface area contributed by atoms with E-state index in [1.807, 2.05) is 50.3 Å². The maximum atomic E-state index is 4.95. The molecule has 2 heteroatoms. The predicted molar refractivity (Wildman–Crippen MR) is 61.2 cm³/mol. The van der Waals surface area contributed by atoms with Gasteiger partial charge in [-0.3, -0.25) is 0 Å². The van der Waals surface area contributed by atoms with E-state index in [0.717, 1.165) is 10.2 Å². The van der Waals surface area contributed by atoms with E-state index in [4.69, 9.17) is 4.74 Å². The number of ether oxygens (including phenoxy) is 1. The minimum absolute atomic E-state index is 0.887. The number of methoxy groups -OCH3 is 1. The van der Waals surface area contributed by atoms with Gasteiger partial charge in [0.25, 0.3) is 0 Å². The van der Waals surface area contributed by atoms with Crippen molar-refractivity contribution in [2.75, 3.05) is 7.11 Å². The van der Waals surface area contributed by atoms with Crippen LogP contribution in [0.1, 0.15) is 13.8 Å². The number of hydrogen-bond acceptors (Lipinski definition) is 1. The Balaban J connectivity index is 0.000000310.